The summed E-state index contributed by atoms with van der Waals surface area (Å²) in [5.74, 6) is 0. The Kier molecular flexibility index (Phi) is 5.13. The zero-order valence-corrected chi connectivity index (χ0v) is 31.4. The second-order valence-electron chi connectivity index (χ2n) is 17.5. The van der Waals surface area contributed by atoms with Crippen LogP contribution in [-0.4, -0.2) is 0 Å². The summed E-state index contributed by atoms with van der Waals surface area (Å²) in [4.78, 5) is 0. The Bertz CT molecular complexity index is 3850. The van der Waals surface area contributed by atoms with Gasteiger partial charge in [0, 0.05) is 0 Å². The Hall–Kier alpha value is -6.76. The fraction of sp³-hybridized carbons (Fsp3) is 0.0714. The molecule has 0 N–H and O–H groups in total. The topological polar surface area (TPSA) is 0 Å². The molecule has 13 aromatic carbocycles. The van der Waals surface area contributed by atoms with Crippen molar-refractivity contribution in [2.24, 2.45) is 0 Å². The monoisotopic (exact) mass is 706 g/mol. The Morgan fingerprint density at radius 1 is 0.286 bits per heavy atom. The Morgan fingerprint density at radius 2 is 0.750 bits per heavy atom. The Morgan fingerprint density at radius 3 is 1.46 bits per heavy atom. The molecule has 0 atom stereocenters. The molecule has 56 heavy (non-hydrogen) atoms. The highest BCUT2D eigenvalue weighted by molar-refractivity contribution is 6.52. The summed E-state index contributed by atoms with van der Waals surface area (Å²) in [6.07, 6.45) is 0. The van der Waals surface area contributed by atoms with Gasteiger partial charge in [-0.05, 0) is 164 Å². The lowest BCUT2D eigenvalue weighted by molar-refractivity contribution is 0.590. The molecule has 0 aromatic heterocycles. The normalized spacial score (nSPS) is 13.3. The van der Waals surface area contributed by atoms with Crippen LogP contribution in [-0.2, 0) is 5.41 Å². The van der Waals surface area contributed by atoms with Crippen molar-refractivity contribution < 1.29 is 0 Å². The number of hydrogen-bond acceptors (Lipinski definition) is 0. The van der Waals surface area contributed by atoms with Gasteiger partial charge in [0.15, 0.2) is 0 Å². The van der Waals surface area contributed by atoms with E-state index in [-0.39, 0.29) is 5.41 Å². The first kappa shape index (κ1) is 29.6. The maximum Gasteiger partial charge on any atom is -0.000696 e. The third-order valence-corrected chi connectivity index (χ3v) is 13.8. The highest BCUT2D eigenvalue weighted by Gasteiger charge is 2.30. The van der Waals surface area contributed by atoms with Gasteiger partial charge in [-0.15, -0.1) is 0 Å². The van der Waals surface area contributed by atoms with Gasteiger partial charge >= 0.3 is 0 Å². The van der Waals surface area contributed by atoms with Crippen LogP contribution in [0.2, 0.25) is 0 Å². The van der Waals surface area contributed by atoms with Gasteiger partial charge < -0.3 is 0 Å². The summed E-state index contributed by atoms with van der Waals surface area (Å²) >= 11 is 0. The smallest absolute Gasteiger partial charge is 0.000696 e. The Balaban J connectivity index is 1.21. The summed E-state index contributed by atoms with van der Waals surface area (Å²) in [5, 5.41) is 27.3. The minimum absolute atomic E-state index is 0.0933. The molecule has 14 rings (SSSR count). The second-order valence-corrected chi connectivity index (χ2v) is 17.5. The Labute approximate surface area is 323 Å². The zero-order valence-electron chi connectivity index (χ0n) is 31.4. The van der Waals surface area contributed by atoms with Crippen molar-refractivity contribution in [1.82, 2.24) is 0 Å². The van der Waals surface area contributed by atoms with E-state index in [9.17, 15) is 0 Å². The van der Waals surface area contributed by atoms with Crippen molar-refractivity contribution in [3.05, 3.63) is 157 Å². The van der Waals surface area contributed by atoms with Gasteiger partial charge in [0.05, 0.1) is 0 Å². The van der Waals surface area contributed by atoms with Crippen LogP contribution in [0.5, 0.6) is 0 Å². The number of hydrogen-bond donors (Lipinski definition) is 0. The molecule has 0 radical (unpaired) electrons. The van der Waals surface area contributed by atoms with Crippen LogP contribution in [0.3, 0.4) is 0 Å². The molecule has 0 spiro atoms. The summed E-state index contributed by atoms with van der Waals surface area (Å²) in [7, 11) is 0. The zero-order chi connectivity index (χ0) is 36.8. The van der Waals surface area contributed by atoms with Gasteiger partial charge in [-0.1, -0.05) is 160 Å². The predicted octanol–water partition coefficient (Wildman–Crippen LogP) is 16.1. The van der Waals surface area contributed by atoms with Crippen molar-refractivity contribution in [2.45, 2.75) is 26.2 Å². The molecular weight excluding hydrogens is 673 g/mol. The van der Waals surface area contributed by atoms with E-state index in [1.54, 1.807) is 0 Å². The first-order chi connectivity index (χ1) is 27.5. The minimum Gasteiger partial charge on any atom is -0.0622 e. The molecule has 1 aliphatic carbocycles. The molecule has 0 saturated heterocycles. The molecule has 0 fully saturated rings. The predicted molar refractivity (Wildman–Crippen MR) is 244 cm³/mol. The molecule has 0 heterocycles. The summed E-state index contributed by atoms with van der Waals surface area (Å²) < 4.78 is 0. The number of fused-ring (bicyclic) bond motifs is 14. The van der Waals surface area contributed by atoms with Gasteiger partial charge in [0.2, 0.25) is 0 Å². The maximum absolute atomic E-state index is 2.48. The van der Waals surface area contributed by atoms with Crippen LogP contribution in [0.4, 0.5) is 0 Å². The average Bonchev–Trinajstić information content (AvgIpc) is 3.87. The molecule has 0 bridgehead atoms. The van der Waals surface area contributed by atoms with Gasteiger partial charge in [-0.25, -0.2) is 0 Å². The van der Waals surface area contributed by atoms with Gasteiger partial charge in [0.1, 0.15) is 0 Å². The SMILES string of the molecule is CC(C)(C)c1ccc2c(c1)-c1ccc3c4ccc5c6c(ccc(c7ccc-2c1c73)c46)c1c(-c2ccccc2)c2cc3ccccc3c3c4ccccc4c(c51)c23. The van der Waals surface area contributed by atoms with Gasteiger partial charge in [0.25, 0.3) is 0 Å². The molecular formula is C56H34. The highest BCUT2D eigenvalue weighted by Crippen LogP contribution is 2.58. The van der Waals surface area contributed by atoms with Crippen LogP contribution in [0.15, 0.2) is 152 Å². The van der Waals surface area contributed by atoms with Crippen molar-refractivity contribution in [3.63, 3.8) is 0 Å². The highest BCUT2D eigenvalue weighted by atomic mass is 14.3. The standard InChI is InChI=1S/C56H34/c1-56(2,3)31-17-18-33-36-19-20-37-39-23-25-42-51-43(26-24-40(50(39)51)38-21-22-41(44(33)28-31)48(36)49(37)38)54-52-35-16-10-9-15-34(35)47-32-14-8-7-13-30(32)27-45(55(47)52)46(53(42)54)29-11-5-4-6-12-29/h4-28H,1-3H3. The van der Waals surface area contributed by atoms with E-state index in [0.717, 1.165) is 0 Å². The lowest BCUT2D eigenvalue weighted by Gasteiger charge is -2.20. The molecule has 0 saturated carbocycles. The van der Waals surface area contributed by atoms with Crippen molar-refractivity contribution in [2.75, 3.05) is 0 Å². The van der Waals surface area contributed by atoms with Crippen molar-refractivity contribution in [3.8, 4) is 33.4 Å². The number of benzene rings is 11. The van der Waals surface area contributed by atoms with E-state index in [1.165, 1.54) is 147 Å². The average molecular weight is 707 g/mol. The van der Waals surface area contributed by atoms with Gasteiger partial charge in [-0.2, -0.15) is 0 Å². The first-order valence-electron chi connectivity index (χ1n) is 20.0. The van der Waals surface area contributed by atoms with E-state index in [0.29, 0.717) is 0 Å². The fourth-order valence-corrected chi connectivity index (χ4v) is 11.4. The third-order valence-electron chi connectivity index (χ3n) is 13.8. The largest absolute Gasteiger partial charge is 0.0622 e. The summed E-state index contributed by atoms with van der Waals surface area (Å²) in [6, 6.07) is 58.4. The molecule has 258 valence electrons. The van der Waals surface area contributed by atoms with Crippen molar-refractivity contribution in [1.29, 1.82) is 0 Å². The lowest BCUT2D eigenvalue weighted by Crippen LogP contribution is -2.10. The van der Waals surface area contributed by atoms with Crippen LogP contribution in [0, 0.1) is 0 Å². The van der Waals surface area contributed by atoms with E-state index < -0.39 is 0 Å². The molecule has 0 aliphatic heterocycles. The first-order valence-corrected chi connectivity index (χ1v) is 20.0. The molecule has 0 heteroatoms. The van der Waals surface area contributed by atoms with E-state index in [2.05, 4.69) is 172 Å². The molecule has 0 amide bonds. The summed E-state index contributed by atoms with van der Waals surface area (Å²) in [5.41, 5.74) is 9.56. The maximum atomic E-state index is 2.48. The molecule has 13 aromatic rings. The quantitative estimate of drug-likeness (QED) is 0.118. The molecule has 0 nitrogen and oxygen atoms in total. The fourth-order valence-electron chi connectivity index (χ4n) is 11.4. The van der Waals surface area contributed by atoms with E-state index >= 15 is 0 Å². The molecule has 0 unspecified atom stereocenters. The third kappa shape index (κ3) is 3.33. The number of rotatable bonds is 1. The van der Waals surface area contributed by atoms with Crippen molar-refractivity contribution >= 4 is 108 Å². The van der Waals surface area contributed by atoms with Crippen LogP contribution >= 0.6 is 0 Å². The van der Waals surface area contributed by atoms with E-state index in [4.69, 9.17) is 0 Å². The summed E-state index contributed by atoms with van der Waals surface area (Å²) in [6.45, 7) is 6.95. The molecule has 1 aliphatic rings. The lowest BCUT2D eigenvalue weighted by atomic mass is 9.85. The van der Waals surface area contributed by atoms with Gasteiger partial charge in [-0.3, -0.25) is 0 Å². The minimum atomic E-state index is 0.0933. The van der Waals surface area contributed by atoms with Crippen LogP contribution < -0.4 is 0 Å². The van der Waals surface area contributed by atoms with Crippen LogP contribution in [0.25, 0.3) is 141 Å². The second kappa shape index (κ2) is 9.72. The van der Waals surface area contributed by atoms with Crippen LogP contribution in [0.1, 0.15) is 26.3 Å². The van der Waals surface area contributed by atoms with E-state index in [1.807, 2.05) is 0 Å².